The van der Waals surface area contributed by atoms with Crippen LogP contribution in [0, 0.1) is 35.5 Å². The first-order chi connectivity index (χ1) is 32.3. The first-order valence-electron chi connectivity index (χ1n) is 25.0. The van der Waals surface area contributed by atoms with Crippen LogP contribution in [-0.4, -0.2) is 145 Å². The summed E-state index contributed by atoms with van der Waals surface area (Å²) in [6, 6.07) is -1.15. The monoisotopic (exact) mass is 958 g/mol. The quantitative estimate of drug-likeness (QED) is 0.174. The molecule has 3 heterocycles. The molecule has 3 fully saturated rings. The molecule has 3 aliphatic heterocycles. The predicted molar refractivity (Wildman–Crippen MR) is 256 cm³/mol. The van der Waals surface area contributed by atoms with E-state index in [0.717, 1.165) is 12.0 Å². The Balaban J connectivity index is 1.70. The predicted octanol–water partition coefficient (Wildman–Crippen LogP) is 6.20. The topological polar surface area (TPSA) is 205 Å². The second-order valence-electron chi connectivity index (χ2n) is 20.2. The third kappa shape index (κ3) is 15.3. The number of carbonyl (C=O) groups excluding carboxylic acids is 5. The minimum atomic E-state index is -2.43. The number of fused-ring (bicyclic) bond motifs is 3. The summed E-state index contributed by atoms with van der Waals surface area (Å²) in [5, 5.41) is 32.8. The van der Waals surface area contributed by atoms with Gasteiger partial charge in [0.1, 0.15) is 18.2 Å². The van der Waals surface area contributed by atoms with E-state index in [1.807, 2.05) is 58.1 Å². The van der Waals surface area contributed by atoms with Gasteiger partial charge in [-0.2, -0.15) is 0 Å². The van der Waals surface area contributed by atoms with Gasteiger partial charge in [-0.3, -0.25) is 19.2 Å². The Morgan fingerprint density at radius 3 is 2.28 bits per heavy atom. The number of cyclic esters (lactones) is 1. The Morgan fingerprint density at radius 1 is 0.868 bits per heavy atom. The summed E-state index contributed by atoms with van der Waals surface area (Å²) in [7, 11) is 4.59. The van der Waals surface area contributed by atoms with Crippen LogP contribution in [0.3, 0.4) is 0 Å². The zero-order valence-corrected chi connectivity index (χ0v) is 42.4. The molecule has 15 atom stereocenters. The maximum Gasteiger partial charge on any atom is 0.329 e. The van der Waals surface area contributed by atoms with Crippen molar-refractivity contribution in [1.82, 2.24) is 4.90 Å². The molecule has 68 heavy (non-hydrogen) atoms. The number of ketones is 3. The van der Waals surface area contributed by atoms with E-state index in [-0.39, 0.29) is 74.1 Å². The lowest BCUT2D eigenvalue weighted by atomic mass is 9.78. The van der Waals surface area contributed by atoms with Crippen LogP contribution >= 0.6 is 0 Å². The smallest absolute Gasteiger partial charge is 0.329 e. The van der Waals surface area contributed by atoms with Crippen LogP contribution in [0.2, 0.25) is 0 Å². The molecular weight excluding hydrogens is 875 g/mol. The number of ether oxygens (including phenoxy) is 6. The molecule has 0 aromatic rings. The average molecular weight is 958 g/mol. The number of aliphatic hydroxyl groups is 3. The van der Waals surface area contributed by atoms with Crippen molar-refractivity contribution < 1.29 is 67.7 Å². The largest absolute Gasteiger partial charge is 0.460 e. The molecule has 15 nitrogen and oxygen atoms in total. The van der Waals surface area contributed by atoms with Crippen molar-refractivity contribution in [2.75, 3.05) is 41.1 Å². The van der Waals surface area contributed by atoms with Gasteiger partial charge in [0, 0.05) is 58.5 Å². The van der Waals surface area contributed by atoms with Crippen molar-refractivity contribution in [2.45, 2.75) is 180 Å². The lowest BCUT2D eigenvalue weighted by molar-refractivity contribution is -0.265. The minimum absolute atomic E-state index is 0.0185. The molecule has 2 saturated heterocycles. The highest BCUT2D eigenvalue weighted by Crippen LogP contribution is 2.38. The zero-order chi connectivity index (χ0) is 50.3. The fourth-order valence-electron chi connectivity index (χ4n) is 10.5. The highest BCUT2D eigenvalue weighted by Gasteiger charge is 2.53. The summed E-state index contributed by atoms with van der Waals surface area (Å²) in [5.41, 5.74) is 1.19. The molecule has 0 radical (unpaired) electrons. The van der Waals surface area contributed by atoms with E-state index in [4.69, 9.17) is 28.4 Å². The summed E-state index contributed by atoms with van der Waals surface area (Å²) < 4.78 is 35.6. The SMILES string of the molecule is COC1C(=O)C(C)C[C@H](C)C=CC=CC=C(C)[C@@H](OC)C[C@@H]2CC[C@@H](C)[C@@](O)(O2)C(=O)C(=O)N2CCCC[C@H]2C(=O)O[C@H]([C@H](C)C[C@@H]2CC[C@@H](OCCO)[C@H](OC)C2)CC(=O)C(C)=CC(C)[C@H]1O. The number of carbonyl (C=O) groups is 5. The lowest BCUT2D eigenvalue weighted by Gasteiger charge is -2.42. The van der Waals surface area contributed by atoms with Crippen molar-refractivity contribution in [2.24, 2.45) is 35.5 Å². The Bertz CT molecular complexity index is 1810. The second-order valence-corrected chi connectivity index (χ2v) is 20.2. The van der Waals surface area contributed by atoms with E-state index in [1.165, 1.54) is 12.0 Å². The summed E-state index contributed by atoms with van der Waals surface area (Å²) in [5.74, 6) is -7.94. The van der Waals surface area contributed by atoms with Crippen molar-refractivity contribution in [1.29, 1.82) is 0 Å². The van der Waals surface area contributed by atoms with Gasteiger partial charge in [0.05, 0.1) is 43.7 Å². The maximum absolute atomic E-state index is 14.5. The lowest BCUT2D eigenvalue weighted by Crippen LogP contribution is -2.61. The summed E-state index contributed by atoms with van der Waals surface area (Å²) in [4.78, 5) is 72.1. The highest BCUT2D eigenvalue weighted by molar-refractivity contribution is 6.39. The molecule has 1 amide bonds. The van der Waals surface area contributed by atoms with Crippen molar-refractivity contribution in [3.63, 3.8) is 0 Å². The fourth-order valence-corrected chi connectivity index (χ4v) is 10.5. The van der Waals surface area contributed by atoms with Crippen LogP contribution < -0.4 is 0 Å². The molecule has 3 unspecified atom stereocenters. The zero-order valence-electron chi connectivity index (χ0n) is 42.4. The van der Waals surface area contributed by atoms with E-state index in [9.17, 15) is 39.3 Å². The number of rotatable bonds is 9. The highest BCUT2D eigenvalue weighted by atomic mass is 16.6. The Kier molecular flexibility index (Phi) is 22.9. The van der Waals surface area contributed by atoms with E-state index in [2.05, 4.69) is 0 Å². The van der Waals surface area contributed by atoms with E-state index in [1.54, 1.807) is 41.1 Å². The number of Topliss-reactive ketones (excluding diaryl/α,β-unsaturated/α-hetero) is 3. The number of hydrogen-bond donors (Lipinski definition) is 3. The molecule has 4 rings (SSSR count). The number of amides is 1. The number of piperidine rings is 1. The molecule has 1 aliphatic carbocycles. The van der Waals surface area contributed by atoms with Gasteiger partial charge in [-0.1, -0.05) is 71.1 Å². The molecule has 0 aromatic heterocycles. The van der Waals surface area contributed by atoms with Gasteiger partial charge in [-0.15, -0.1) is 0 Å². The normalized spacial score (nSPS) is 36.7. The Labute approximate surface area is 405 Å². The van der Waals surface area contributed by atoms with Crippen LogP contribution in [0.15, 0.2) is 47.6 Å². The van der Waals surface area contributed by atoms with Crippen LogP contribution in [0.1, 0.15) is 126 Å². The average Bonchev–Trinajstić information content (AvgIpc) is 3.32. The molecular formula is C53H83NO14. The van der Waals surface area contributed by atoms with Crippen LogP contribution in [0.5, 0.6) is 0 Å². The van der Waals surface area contributed by atoms with Gasteiger partial charge in [0.25, 0.3) is 11.7 Å². The maximum atomic E-state index is 14.5. The van der Waals surface area contributed by atoms with Crippen LogP contribution in [0.25, 0.3) is 0 Å². The van der Waals surface area contributed by atoms with Gasteiger partial charge in [-0.05, 0) is 107 Å². The van der Waals surface area contributed by atoms with Gasteiger partial charge in [0.2, 0.25) is 5.79 Å². The third-order valence-electron chi connectivity index (χ3n) is 14.9. The second kappa shape index (κ2) is 27.3. The molecule has 1 saturated carbocycles. The standard InChI is InChI=1S/C53H83NO14/c1-32-16-12-11-13-17-33(2)44(63-8)30-40-21-19-38(7)53(62,68-40)50(59)51(60)54-23-15-14-18-41(54)52(61)67-45(35(4)28-39-20-22-43(66-25-24-55)46(29-39)64-9)31-42(56)34(3)27-37(6)48(58)49(65-10)47(57)36(5)26-32/h11-13,16-17,27,32,35-41,43-46,48-49,55,58,62H,14-15,18-26,28-31H2,1-10H3/t32-,35-,36?,37?,38-,39+,40+,41+,43-,44+,45+,46-,48-,49?,53-/m1/s1. The number of hydrogen-bond acceptors (Lipinski definition) is 14. The molecule has 4 aliphatic rings. The summed E-state index contributed by atoms with van der Waals surface area (Å²) >= 11 is 0. The summed E-state index contributed by atoms with van der Waals surface area (Å²) in [6.07, 6.45) is 12.0. The Hall–Kier alpha value is -3.41. The Morgan fingerprint density at radius 2 is 1.60 bits per heavy atom. The van der Waals surface area contributed by atoms with Gasteiger partial charge < -0.3 is 48.6 Å². The number of esters is 1. The van der Waals surface area contributed by atoms with E-state index in [0.29, 0.717) is 63.4 Å². The minimum Gasteiger partial charge on any atom is -0.460 e. The molecule has 0 spiro atoms. The first-order valence-corrected chi connectivity index (χ1v) is 25.0. The van der Waals surface area contributed by atoms with Gasteiger partial charge in [-0.25, -0.2) is 4.79 Å². The number of methoxy groups -OCH3 is 3. The van der Waals surface area contributed by atoms with Gasteiger partial charge in [0.15, 0.2) is 11.6 Å². The van der Waals surface area contributed by atoms with Crippen molar-refractivity contribution in [3.05, 3.63) is 47.6 Å². The van der Waals surface area contributed by atoms with E-state index >= 15 is 0 Å². The first kappa shape index (κ1) is 57.2. The van der Waals surface area contributed by atoms with Crippen LogP contribution in [0.4, 0.5) is 0 Å². The number of nitrogens with zero attached hydrogens (tertiary/aromatic N) is 1. The fraction of sp³-hybridized carbons (Fsp3) is 0.755. The van der Waals surface area contributed by atoms with E-state index < -0.39 is 77.8 Å². The molecule has 384 valence electrons. The van der Waals surface area contributed by atoms with Gasteiger partial charge >= 0.3 is 5.97 Å². The van der Waals surface area contributed by atoms with Crippen LogP contribution in [-0.2, 0) is 52.4 Å². The molecule has 0 aromatic carbocycles. The molecule has 15 heteroatoms. The molecule has 3 N–H and O–H groups in total. The van der Waals surface area contributed by atoms with Crippen molar-refractivity contribution in [3.8, 4) is 0 Å². The molecule has 2 bridgehead atoms. The summed E-state index contributed by atoms with van der Waals surface area (Å²) in [6.45, 7) is 12.9. The third-order valence-corrected chi connectivity index (χ3v) is 14.9. The number of aliphatic hydroxyl groups excluding tert-OH is 2. The number of allylic oxidation sites excluding steroid dienone is 6. The van der Waals surface area contributed by atoms with Crippen molar-refractivity contribution >= 4 is 29.2 Å².